The van der Waals surface area contributed by atoms with Gasteiger partial charge >= 0.3 is 0 Å². The molecule has 0 saturated carbocycles. The van der Waals surface area contributed by atoms with Crippen molar-refractivity contribution < 1.29 is 9.87 Å². The molecule has 1 rings (SSSR count). The molecule has 0 radical (unpaired) electrons. The molecule has 0 aromatic heterocycles. The number of halogens is 2. The first-order chi connectivity index (χ1) is 5.46. The molecule has 0 aliphatic carbocycles. The molecule has 8 heavy (non-hydrogen) atoms. The maximum Gasteiger partial charge on any atom is 0.123 e. The Morgan fingerprint density at radius 3 is 2.38 bits per heavy atom. The highest BCUT2D eigenvalue weighted by Crippen LogP contribution is 2.03. The van der Waals surface area contributed by atoms with E-state index >= 15 is 0 Å². The Morgan fingerprint density at radius 1 is 1.38 bits per heavy atom. The van der Waals surface area contributed by atoms with E-state index in [0.29, 0.717) is 0 Å². The summed E-state index contributed by atoms with van der Waals surface area (Å²) in [4.78, 5) is 0. The summed E-state index contributed by atoms with van der Waals surface area (Å²) in [7, 11) is 0. The summed E-state index contributed by atoms with van der Waals surface area (Å²) < 4.78 is 41.4. The molecule has 0 heterocycles. The maximum atomic E-state index is 12.8. The minimum absolute atomic E-state index is 0.143. The third-order valence-corrected chi connectivity index (χ3v) is 1.10. The van der Waals surface area contributed by atoms with Crippen molar-refractivity contribution in [3.63, 3.8) is 0 Å². The highest BCUT2D eigenvalue weighted by molar-refractivity contribution is 14.1. The average molecular weight is 226 g/mol. The standard InChI is InChI=1S/C6H4FI/c7-5-1-3-6(8)4-2-5/h1-4H/i1D,2D,3D,4D. The molecule has 0 aliphatic rings. The fourth-order valence-electron chi connectivity index (χ4n) is 0.282. The van der Waals surface area contributed by atoms with E-state index in [0.717, 1.165) is 0 Å². The van der Waals surface area contributed by atoms with Gasteiger partial charge < -0.3 is 0 Å². The molecule has 1 aromatic rings. The van der Waals surface area contributed by atoms with Crippen LogP contribution in [0, 0.1) is 9.39 Å². The van der Waals surface area contributed by atoms with Gasteiger partial charge in [-0.05, 0) is 46.8 Å². The van der Waals surface area contributed by atoms with Gasteiger partial charge in [0.2, 0.25) is 0 Å². The van der Waals surface area contributed by atoms with Crippen molar-refractivity contribution in [3.8, 4) is 0 Å². The molecule has 0 spiro atoms. The van der Waals surface area contributed by atoms with Crippen LogP contribution in [0.15, 0.2) is 24.2 Å². The molecule has 0 amide bonds. The summed E-state index contributed by atoms with van der Waals surface area (Å²) in [6, 6.07) is -1.87. The fourth-order valence-corrected chi connectivity index (χ4v) is 0.552. The van der Waals surface area contributed by atoms with E-state index in [1.165, 1.54) is 0 Å². The minimum Gasteiger partial charge on any atom is -0.207 e. The van der Waals surface area contributed by atoms with E-state index in [9.17, 15) is 4.39 Å². The minimum atomic E-state index is -1.09. The lowest BCUT2D eigenvalue weighted by Crippen LogP contribution is -1.70. The van der Waals surface area contributed by atoms with Gasteiger partial charge in [0.1, 0.15) is 5.82 Å². The highest BCUT2D eigenvalue weighted by atomic mass is 127. The quantitative estimate of drug-likeness (QED) is 0.596. The Kier molecular flexibility index (Phi) is 0.805. The van der Waals surface area contributed by atoms with E-state index in [2.05, 4.69) is 0 Å². The van der Waals surface area contributed by atoms with Crippen molar-refractivity contribution in [1.82, 2.24) is 0 Å². The number of hydrogen-bond donors (Lipinski definition) is 0. The Morgan fingerprint density at radius 2 is 1.88 bits per heavy atom. The topological polar surface area (TPSA) is 0 Å². The summed E-state index contributed by atoms with van der Waals surface area (Å²) in [6.07, 6.45) is 0. The van der Waals surface area contributed by atoms with E-state index in [4.69, 9.17) is 5.48 Å². The van der Waals surface area contributed by atoms with Crippen molar-refractivity contribution >= 4 is 22.6 Å². The zero-order valence-electron chi connectivity index (χ0n) is 7.76. The van der Waals surface area contributed by atoms with E-state index in [-0.39, 0.29) is 15.7 Å². The Bertz CT molecular complexity index is 234. The van der Waals surface area contributed by atoms with Gasteiger partial charge in [-0.25, -0.2) is 4.39 Å². The van der Waals surface area contributed by atoms with Crippen LogP contribution in [-0.2, 0) is 0 Å². The van der Waals surface area contributed by atoms with Crippen molar-refractivity contribution in [2.45, 2.75) is 0 Å². The third kappa shape index (κ3) is 1.43. The second-order valence-electron chi connectivity index (χ2n) is 1.13. The van der Waals surface area contributed by atoms with Crippen LogP contribution in [-0.4, -0.2) is 0 Å². The van der Waals surface area contributed by atoms with Crippen LogP contribution < -0.4 is 0 Å². The average Bonchev–Trinajstić information content (AvgIpc) is 2.08. The van der Waals surface area contributed by atoms with Gasteiger partial charge in [-0.15, -0.1) is 0 Å². The Labute approximate surface area is 66.5 Å². The lowest BCUT2D eigenvalue weighted by molar-refractivity contribution is 0.627. The van der Waals surface area contributed by atoms with Gasteiger partial charge in [-0.3, -0.25) is 0 Å². The molecular formula is C6H4FI. The second kappa shape index (κ2) is 2.44. The molecule has 1 aromatic carbocycles. The van der Waals surface area contributed by atoms with Gasteiger partial charge in [-0.2, -0.15) is 0 Å². The molecule has 0 N–H and O–H groups in total. The predicted octanol–water partition coefficient (Wildman–Crippen LogP) is 2.43. The lowest BCUT2D eigenvalue weighted by atomic mass is 10.4. The van der Waals surface area contributed by atoms with E-state index in [1.54, 1.807) is 22.6 Å². The van der Waals surface area contributed by atoms with Crippen LogP contribution >= 0.6 is 22.6 Å². The number of benzene rings is 1. The predicted molar refractivity (Wildman–Crippen MR) is 39.1 cm³/mol. The molecule has 0 unspecified atom stereocenters. The van der Waals surface area contributed by atoms with Gasteiger partial charge in [0.15, 0.2) is 0 Å². The normalized spacial score (nSPS) is 16.2. The van der Waals surface area contributed by atoms with Crippen molar-refractivity contribution in [3.05, 3.63) is 33.6 Å². The van der Waals surface area contributed by atoms with Crippen molar-refractivity contribution in [2.75, 3.05) is 0 Å². The highest BCUT2D eigenvalue weighted by Gasteiger charge is 1.84. The Balaban J connectivity index is 3.60. The molecule has 0 atom stereocenters. The van der Waals surface area contributed by atoms with Gasteiger partial charge in [0, 0.05) is 3.57 Å². The van der Waals surface area contributed by atoms with Crippen LogP contribution in [0.3, 0.4) is 0 Å². The largest absolute Gasteiger partial charge is 0.207 e. The third-order valence-electron chi connectivity index (χ3n) is 0.564. The zero-order valence-corrected chi connectivity index (χ0v) is 5.91. The molecule has 0 aliphatic heterocycles. The second-order valence-corrected chi connectivity index (χ2v) is 2.21. The molecular weight excluding hydrogens is 218 g/mol. The lowest BCUT2D eigenvalue weighted by Gasteiger charge is -1.85. The monoisotopic (exact) mass is 226 g/mol. The molecule has 42 valence electrons. The fraction of sp³-hybridized carbons (Fsp3) is 0. The summed E-state index contributed by atoms with van der Waals surface area (Å²) in [5.74, 6) is -1.09. The summed E-state index contributed by atoms with van der Waals surface area (Å²) >= 11 is 1.66. The zero-order chi connectivity index (χ0) is 9.46. The summed E-state index contributed by atoms with van der Waals surface area (Å²) in [5.41, 5.74) is 0. The smallest absolute Gasteiger partial charge is 0.123 e. The van der Waals surface area contributed by atoms with E-state index < -0.39 is 17.9 Å². The SMILES string of the molecule is [2H]c1c([2H])c(I)c([2H])c([2H])c1F. The Hall–Kier alpha value is -0.120. The van der Waals surface area contributed by atoms with Crippen LogP contribution in [0.2, 0.25) is 0 Å². The van der Waals surface area contributed by atoms with Gasteiger partial charge in [0.05, 0.1) is 5.48 Å². The molecule has 0 bridgehead atoms. The van der Waals surface area contributed by atoms with Crippen LogP contribution in [0.25, 0.3) is 0 Å². The summed E-state index contributed by atoms with van der Waals surface area (Å²) in [5, 5.41) is 0. The van der Waals surface area contributed by atoms with Crippen molar-refractivity contribution in [1.29, 1.82) is 0 Å². The number of hydrogen-bond acceptors (Lipinski definition) is 0. The van der Waals surface area contributed by atoms with Crippen LogP contribution in [0.5, 0.6) is 0 Å². The summed E-state index contributed by atoms with van der Waals surface area (Å²) in [6.45, 7) is 0. The maximum absolute atomic E-state index is 12.8. The van der Waals surface area contributed by atoms with Crippen LogP contribution in [0.4, 0.5) is 4.39 Å². The molecule has 0 nitrogen and oxygen atoms in total. The first-order valence-electron chi connectivity index (χ1n) is 3.88. The molecule has 0 saturated heterocycles. The molecule has 2 heteroatoms. The first-order valence-corrected chi connectivity index (χ1v) is 2.96. The van der Waals surface area contributed by atoms with Crippen molar-refractivity contribution in [2.24, 2.45) is 0 Å². The number of rotatable bonds is 0. The molecule has 0 fully saturated rings. The van der Waals surface area contributed by atoms with E-state index in [1.807, 2.05) is 0 Å². The van der Waals surface area contributed by atoms with Gasteiger partial charge in [-0.1, -0.05) is 0 Å². The van der Waals surface area contributed by atoms with Crippen LogP contribution in [0.1, 0.15) is 5.48 Å². The van der Waals surface area contributed by atoms with Gasteiger partial charge in [0.25, 0.3) is 0 Å². The first kappa shape index (κ1) is 2.64.